The average molecular weight is 375 g/mol. The Bertz CT molecular complexity index is 608. The third-order valence-corrected chi connectivity index (χ3v) is 6.32. The smallest absolute Gasteiger partial charge is 0.122 e. The van der Waals surface area contributed by atoms with Gasteiger partial charge in [0, 0.05) is 5.56 Å². The third kappa shape index (κ3) is 5.06. The largest absolute Gasteiger partial charge is 0.508 e. The quantitative estimate of drug-likeness (QED) is 0.612. The molecule has 0 atom stereocenters. The normalized spacial score (nSPS) is 20.7. The number of phenols is 1. The molecule has 0 spiro atoms. The van der Waals surface area contributed by atoms with E-state index in [9.17, 15) is 5.11 Å². The van der Waals surface area contributed by atoms with Crippen LogP contribution in [0.15, 0.2) is 18.2 Å². The summed E-state index contributed by atoms with van der Waals surface area (Å²) < 4.78 is 13.1. The number of rotatable bonds is 6. The number of aromatic hydroxyl groups is 1. The molecule has 2 aliphatic carbocycles. The van der Waals surface area contributed by atoms with Crippen LogP contribution in [0.25, 0.3) is 0 Å². The molecule has 0 radical (unpaired) electrons. The Morgan fingerprint density at radius 3 is 1.74 bits per heavy atom. The van der Waals surface area contributed by atoms with Crippen molar-refractivity contribution in [2.24, 2.45) is 0 Å². The summed E-state index contributed by atoms with van der Waals surface area (Å²) >= 11 is 0. The van der Waals surface area contributed by atoms with E-state index >= 15 is 0 Å². The van der Waals surface area contributed by atoms with E-state index in [2.05, 4.69) is 33.8 Å². The molecule has 1 aromatic rings. The fourth-order valence-corrected chi connectivity index (χ4v) is 5.00. The fraction of sp³-hybridized carbons (Fsp3) is 0.750. The number of phenolic OH excluding ortho intramolecular Hbond substituents is 1. The summed E-state index contributed by atoms with van der Waals surface area (Å²) in [6.07, 6.45) is 12.7. The first kappa shape index (κ1) is 20.7. The van der Waals surface area contributed by atoms with Crippen LogP contribution in [0.5, 0.6) is 5.75 Å². The molecule has 152 valence electrons. The lowest BCUT2D eigenvalue weighted by Crippen LogP contribution is -2.36. The highest BCUT2D eigenvalue weighted by Gasteiger charge is 2.37. The van der Waals surface area contributed by atoms with Gasteiger partial charge in [0.1, 0.15) is 5.75 Å². The first-order chi connectivity index (χ1) is 12.8. The minimum atomic E-state index is -0.546. The van der Waals surface area contributed by atoms with Gasteiger partial charge >= 0.3 is 0 Å². The maximum atomic E-state index is 10.8. The van der Waals surface area contributed by atoms with E-state index in [0.717, 1.165) is 36.8 Å². The highest BCUT2D eigenvalue weighted by Crippen LogP contribution is 2.43. The van der Waals surface area contributed by atoms with Crippen molar-refractivity contribution < 1.29 is 14.6 Å². The van der Waals surface area contributed by atoms with Crippen LogP contribution in [0, 0.1) is 0 Å². The monoisotopic (exact) mass is 374 g/mol. The van der Waals surface area contributed by atoms with Crippen molar-refractivity contribution in [1.29, 1.82) is 0 Å². The van der Waals surface area contributed by atoms with Gasteiger partial charge in [0.2, 0.25) is 0 Å². The van der Waals surface area contributed by atoms with Crippen LogP contribution < -0.4 is 0 Å². The SMILES string of the molecule is CC(C)(OC1CCCCC1)c1cccc(O)c1C(C)(C)OC1CCCCC1. The molecule has 27 heavy (non-hydrogen) atoms. The molecule has 0 aliphatic heterocycles. The van der Waals surface area contributed by atoms with Crippen LogP contribution in [0.4, 0.5) is 0 Å². The highest BCUT2D eigenvalue weighted by atomic mass is 16.5. The molecule has 0 unspecified atom stereocenters. The van der Waals surface area contributed by atoms with Gasteiger partial charge in [0.25, 0.3) is 0 Å². The lowest BCUT2D eigenvalue weighted by molar-refractivity contribution is -0.105. The molecule has 3 heteroatoms. The van der Waals surface area contributed by atoms with Crippen LogP contribution in [0.1, 0.15) is 103 Å². The molecule has 0 saturated heterocycles. The van der Waals surface area contributed by atoms with Gasteiger partial charge in [-0.15, -0.1) is 0 Å². The molecular weight excluding hydrogens is 336 g/mol. The first-order valence-electron chi connectivity index (χ1n) is 11.0. The molecule has 0 amide bonds. The van der Waals surface area contributed by atoms with Crippen LogP contribution in [0.3, 0.4) is 0 Å². The second kappa shape index (κ2) is 8.53. The Kier molecular flexibility index (Phi) is 6.53. The van der Waals surface area contributed by atoms with Crippen LogP contribution in [-0.2, 0) is 20.7 Å². The van der Waals surface area contributed by atoms with E-state index in [-0.39, 0.29) is 6.10 Å². The number of hydrogen-bond acceptors (Lipinski definition) is 3. The zero-order chi connectivity index (χ0) is 19.5. The van der Waals surface area contributed by atoms with Crippen molar-refractivity contribution in [3.8, 4) is 5.75 Å². The summed E-state index contributed by atoms with van der Waals surface area (Å²) in [6.45, 7) is 8.46. The van der Waals surface area contributed by atoms with Gasteiger partial charge in [-0.1, -0.05) is 50.7 Å². The standard InChI is InChI=1S/C24H38O3/c1-23(2,26-18-12-7-5-8-13-18)20-16-11-17-21(25)22(20)24(3,4)27-19-14-9-6-10-15-19/h11,16-19,25H,5-10,12-15H2,1-4H3. The zero-order valence-electron chi connectivity index (χ0n) is 17.7. The average Bonchev–Trinajstić information content (AvgIpc) is 2.62. The van der Waals surface area contributed by atoms with Gasteiger partial charge in [0.05, 0.1) is 23.4 Å². The number of ether oxygens (including phenoxy) is 2. The van der Waals surface area contributed by atoms with Crippen LogP contribution in [-0.4, -0.2) is 17.3 Å². The second-order valence-electron chi connectivity index (χ2n) is 9.48. The Morgan fingerprint density at radius 1 is 0.741 bits per heavy atom. The maximum absolute atomic E-state index is 10.8. The Morgan fingerprint density at radius 2 is 1.22 bits per heavy atom. The Hall–Kier alpha value is -1.06. The molecule has 2 fully saturated rings. The van der Waals surface area contributed by atoms with Crippen molar-refractivity contribution >= 4 is 0 Å². The summed E-state index contributed by atoms with van der Waals surface area (Å²) in [7, 11) is 0. The van der Waals surface area contributed by atoms with Crippen molar-refractivity contribution in [3.05, 3.63) is 29.3 Å². The number of benzene rings is 1. The minimum absolute atomic E-state index is 0.281. The van der Waals surface area contributed by atoms with Crippen LogP contribution in [0.2, 0.25) is 0 Å². The lowest BCUT2D eigenvalue weighted by atomic mass is 9.83. The van der Waals surface area contributed by atoms with Crippen molar-refractivity contribution in [3.63, 3.8) is 0 Å². The van der Waals surface area contributed by atoms with Gasteiger partial charge in [0.15, 0.2) is 0 Å². The van der Waals surface area contributed by atoms with Crippen molar-refractivity contribution in [1.82, 2.24) is 0 Å². The molecule has 1 aromatic carbocycles. The molecule has 0 heterocycles. The summed E-state index contributed by atoms with van der Waals surface area (Å²) in [5.41, 5.74) is 0.935. The maximum Gasteiger partial charge on any atom is 0.122 e. The third-order valence-electron chi connectivity index (χ3n) is 6.32. The number of hydrogen-bond donors (Lipinski definition) is 1. The lowest BCUT2D eigenvalue weighted by Gasteiger charge is -2.39. The molecule has 3 nitrogen and oxygen atoms in total. The molecule has 3 rings (SSSR count). The summed E-state index contributed by atoms with van der Waals surface area (Å²) in [5, 5.41) is 10.8. The minimum Gasteiger partial charge on any atom is -0.508 e. The van der Waals surface area contributed by atoms with Gasteiger partial charge in [-0.05, 0) is 65.0 Å². The fourth-order valence-electron chi connectivity index (χ4n) is 5.00. The summed E-state index contributed by atoms with van der Waals surface area (Å²) in [4.78, 5) is 0. The molecular formula is C24H38O3. The van der Waals surface area contributed by atoms with Crippen LogP contribution >= 0.6 is 0 Å². The zero-order valence-corrected chi connectivity index (χ0v) is 17.7. The molecule has 1 N–H and O–H groups in total. The Labute approximate surface area is 165 Å². The van der Waals surface area contributed by atoms with E-state index < -0.39 is 11.2 Å². The molecule has 2 saturated carbocycles. The summed E-state index contributed by atoms with van der Waals surface area (Å²) in [6, 6.07) is 5.81. The van der Waals surface area contributed by atoms with Gasteiger partial charge in [-0.2, -0.15) is 0 Å². The molecule has 0 aromatic heterocycles. The molecule has 2 aliphatic rings. The van der Waals surface area contributed by atoms with E-state index in [1.165, 1.54) is 38.5 Å². The van der Waals surface area contributed by atoms with Gasteiger partial charge in [-0.3, -0.25) is 0 Å². The van der Waals surface area contributed by atoms with E-state index in [1.54, 1.807) is 6.07 Å². The predicted octanol–water partition coefficient (Wildman–Crippen LogP) is 6.56. The van der Waals surface area contributed by atoms with Gasteiger partial charge < -0.3 is 14.6 Å². The van der Waals surface area contributed by atoms with E-state index in [4.69, 9.17) is 9.47 Å². The second-order valence-corrected chi connectivity index (χ2v) is 9.48. The first-order valence-corrected chi connectivity index (χ1v) is 11.0. The topological polar surface area (TPSA) is 38.7 Å². The highest BCUT2D eigenvalue weighted by molar-refractivity contribution is 5.45. The van der Waals surface area contributed by atoms with E-state index in [1.807, 2.05) is 6.07 Å². The molecule has 0 bridgehead atoms. The predicted molar refractivity (Wildman–Crippen MR) is 110 cm³/mol. The van der Waals surface area contributed by atoms with E-state index in [0.29, 0.717) is 11.9 Å². The Balaban J connectivity index is 1.86. The van der Waals surface area contributed by atoms with Crippen molar-refractivity contribution in [2.75, 3.05) is 0 Å². The van der Waals surface area contributed by atoms with Gasteiger partial charge in [-0.25, -0.2) is 0 Å². The van der Waals surface area contributed by atoms with Crippen molar-refractivity contribution in [2.45, 2.75) is 115 Å². The summed E-state index contributed by atoms with van der Waals surface area (Å²) in [5.74, 6) is 0.314.